The Kier molecular flexibility index (Phi) is 1.72. The first-order valence-electron chi connectivity index (χ1n) is 4.53. The lowest BCUT2D eigenvalue weighted by molar-refractivity contribution is 0.468. The summed E-state index contributed by atoms with van der Waals surface area (Å²) in [7, 11) is 0. The molecule has 0 spiro atoms. The van der Waals surface area contributed by atoms with E-state index in [0.717, 1.165) is 18.0 Å². The molecule has 1 unspecified atom stereocenters. The number of rotatable bonds is 0. The molecule has 0 bridgehead atoms. The van der Waals surface area contributed by atoms with Gasteiger partial charge in [0.1, 0.15) is 0 Å². The van der Waals surface area contributed by atoms with Crippen LogP contribution in [0.2, 0.25) is 0 Å². The average Bonchev–Trinajstić information content (AvgIpc) is 2.06. The van der Waals surface area contributed by atoms with Crippen LogP contribution in [-0.2, 0) is 0 Å². The van der Waals surface area contributed by atoms with Crippen molar-refractivity contribution in [1.82, 2.24) is 0 Å². The van der Waals surface area contributed by atoms with Crippen LogP contribution in [0.1, 0.15) is 32.1 Å². The van der Waals surface area contributed by atoms with Gasteiger partial charge in [0.15, 0.2) is 0 Å². The van der Waals surface area contributed by atoms with E-state index in [1.807, 2.05) is 0 Å². The first-order chi connectivity index (χ1) is 5.38. The zero-order chi connectivity index (χ0) is 7.68. The maximum atomic E-state index is 5.92. The Morgan fingerprint density at radius 2 is 2.27 bits per heavy atom. The number of allylic oxidation sites excluding steroid dienone is 4. The van der Waals surface area contributed by atoms with E-state index in [-0.39, 0.29) is 0 Å². The monoisotopic (exact) mass is 149 g/mol. The van der Waals surface area contributed by atoms with Gasteiger partial charge in [-0.1, -0.05) is 12.2 Å². The number of fused-ring (bicyclic) bond motifs is 1. The van der Waals surface area contributed by atoms with Gasteiger partial charge in [0, 0.05) is 5.70 Å². The second-order valence-electron chi connectivity index (χ2n) is 3.55. The van der Waals surface area contributed by atoms with Gasteiger partial charge in [-0.05, 0) is 43.6 Å². The summed E-state index contributed by atoms with van der Waals surface area (Å²) in [4.78, 5) is 0. The van der Waals surface area contributed by atoms with Crippen molar-refractivity contribution in [1.29, 1.82) is 0 Å². The van der Waals surface area contributed by atoms with Crippen LogP contribution in [0.25, 0.3) is 0 Å². The van der Waals surface area contributed by atoms with Gasteiger partial charge in [0.05, 0.1) is 0 Å². The highest BCUT2D eigenvalue weighted by molar-refractivity contribution is 5.30. The summed E-state index contributed by atoms with van der Waals surface area (Å²) >= 11 is 0. The van der Waals surface area contributed by atoms with E-state index in [4.69, 9.17) is 5.73 Å². The van der Waals surface area contributed by atoms with E-state index in [1.165, 1.54) is 31.3 Å². The van der Waals surface area contributed by atoms with Gasteiger partial charge in [-0.25, -0.2) is 0 Å². The van der Waals surface area contributed by atoms with E-state index in [1.54, 1.807) is 0 Å². The molecule has 2 N–H and O–H groups in total. The third-order valence-electron chi connectivity index (χ3n) is 2.79. The minimum atomic E-state index is 0.800. The predicted molar refractivity (Wildman–Crippen MR) is 46.9 cm³/mol. The molecule has 0 aromatic carbocycles. The van der Waals surface area contributed by atoms with Crippen molar-refractivity contribution in [2.45, 2.75) is 32.1 Å². The first kappa shape index (κ1) is 6.96. The molecule has 0 amide bonds. The Balaban J connectivity index is 2.31. The predicted octanol–water partition coefficient (Wildman–Crippen LogP) is 2.35. The smallest absolute Gasteiger partial charge is 0.0116 e. The normalized spacial score (nSPS) is 30.4. The minimum absolute atomic E-state index is 0.800. The molecule has 60 valence electrons. The van der Waals surface area contributed by atoms with E-state index < -0.39 is 0 Å². The molecule has 0 fully saturated rings. The molecule has 0 heterocycles. The summed E-state index contributed by atoms with van der Waals surface area (Å²) in [5.41, 5.74) is 8.51. The molecule has 2 aliphatic carbocycles. The molecule has 2 aliphatic rings. The van der Waals surface area contributed by atoms with Gasteiger partial charge in [-0.15, -0.1) is 0 Å². The Morgan fingerprint density at radius 1 is 1.36 bits per heavy atom. The quantitative estimate of drug-likeness (QED) is 0.562. The standard InChI is InChI=1S/C10H15N/c11-10-7-3-5-8-4-1-2-6-9(8)10/h2,6,8H,1,3-5,7,11H2. The highest BCUT2D eigenvalue weighted by Crippen LogP contribution is 2.34. The molecule has 0 aromatic heterocycles. The van der Waals surface area contributed by atoms with E-state index in [9.17, 15) is 0 Å². The van der Waals surface area contributed by atoms with Crippen LogP contribution >= 0.6 is 0 Å². The third-order valence-corrected chi connectivity index (χ3v) is 2.79. The molecule has 0 aliphatic heterocycles. The zero-order valence-corrected chi connectivity index (χ0v) is 6.84. The first-order valence-corrected chi connectivity index (χ1v) is 4.53. The molecule has 0 saturated heterocycles. The second-order valence-corrected chi connectivity index (χ2v) is 3.55. The lowest BCUT2D eigenvalue weighted by Gasteiger charge is -2.27. The third kappa shape index (κ3) is 1.20. The van der Waals surface area contributed by atoms with Gasteiger partial charge < -0.3 is 5.73 Å². The Bertz CT molecular complexity index is 213. The number of nitrogens with two attached hydrogens (primary N) is 1. The van der Waals surface area contributed by atoms with Crippen molar-refractivity contribution in [3.05, 3.63) is 23.4 Å². The van der Waals surface area contributed by atoms with Crippen LogP contribution < -0.4 is 5.73 Å². The molecular weight excluding hydrogens is 134 g/mol. The Hall–Kier alpha value is -0.720. The summed E-state index contributed by atoms with van der Waals surface area (Å²) in [6, 6.07) is 0. The molecule has 11 heavy (non-hydrogen) atoms. The van der Waals surface area contributed by atoms with Crippen molar-refractivity contribution in [2.75, 3.05) is 0 Å². The van der Waals surface area contributed by atoms with Crippen LogP contribution in [-0.4, -0.2) is 0 Å². The van der Waals surface area contributed by atoms with Crippen LogP contribution in [0.4, 0.5) is 0 Å². The van der Waals surface area contributed by atoms with Gasteiger partial charge >= 0.3 is 0 Å². The van der Waals surface area contributed by atoms with Crippen molar-refractivity contribution >= 4 is 0 Å². The summed E-state index contributed by atoms with van der Waals surface area (Å²) in [5, 5.41) is 0. The second kappa shape index (κ2) is 2.72. The highest BCUT2D eigenvalue weighted by atomic mass is 14.6. The van der Waals surface area contributed by atoms with Crippen LogP contribution in [0.15, 0.2) is 23.4 Å². The van der Waals surface area contributed by atoms with Gasteiger partial charge in [-0.3, -0.25) is 0 Å². The Labute approximate surface area is 68.0 Å². The SMILES string of the molecule is NC1=C2C=CCCC2CCC1. The van der Waals surface area contributed by atoms with Crippen molar-refractivity contribution in [2.24, 2.45) is 11.7 Å². The summed E-state index contributed by atoms with van der Waals surface area (Å²) in [5.74, 6) is 0.800. The summed E-state index contributed by atoms with van der Waals surface area (Å²) in [6.07, 6.45) is 10.9. The van der Waals surface area contributed by atoms with E-state index >= 15 is 0 Å². The molecule has 2 rings (SSSR count). The summed E-state index contributed by atoms with van der Waals surface area (Å²) in [6.45, 7) is 0. The lowest BCUT2D eigenvalue weighted by Crippen LogP contribution is -2.17. The van der Waals surface area contributed by atoms with Gasteiger partial charge in [0.2, 0.25) is 0 Å². The fourth-order valence-corrected chi connectivity index (χ4v) is 2.15. The fraction of sp³-hybridized carbons (Fsp3) is 0.600. The maximum Gasteiger partial charge on any atom is 0.0116 e. The maximum absolute atomic E-state index is 5.92. The molecule has 0 aromatic rings. The number of hydrogen-bond acceptors (Lipinski definition) is 1. The van der Waals surface area contributed by atoms with Gasteiger partial charge in [-0.2, -0.15) is 0 Å². The van der Waals surface area contributed by atoms with Crippen LogP contribution in [0.5, 0.6) is 0 Å². The largest absolute Gasteiger partial charge is 0.402 e. The van der Waals surface area contributed by atoms with Crippen LogP contribution in [0.3, 0.4) is 0 Å². The minimum Gasteiger partial charge on any atom is -0.402 e. The topological polar surface area (TPSA) is 26.0 Å². The molecule has 0 radical (unpaired) electrons. The summed E-state index contributed by atoms with van der Waals surface area (Å²) < 4.78 is 0. The van der Waals surface area contributed by atoms with Crippen molar-refractivity contribution in [3.63, 3.8) is 0 Å². The van der Waals surface area contributed by atoms with Crippen molar-refractivity contribution < 1.29 is 0 Å². The lowest BCUT2D eigenvalue weighted by atomic mass is 9.80. The molecule has 1 atom stereocenters. The van der Waals surface area contributed by atoms with Crippen molar-refractivity contribution in [3.8, 4) is 0 Å². The van der Waals surface area contributed by atoms with E-state index in [0.29, 0.717) is 0 Å². The molecule has 1 nitrogen and oxygen atoms in total. The molecular formula is C10H15N. The van der Waals surface area contributed by atoms with E-state index in [2.05, 4.69) is 12.2 Å². The molecule has 1 heteroatoms. The average molecular weight is 149 g/mol. The van der Waals surface area contributed by atoms with Gasteiger partial charge in [0.25, 0.3) is 0 Å². The van der Waals surface area contributed by atoms with Crippen LogP contribution in [0, 0.1) is 5.92 Å². The zero-order valence-electron chi connectivity index (χ0n) is 6.84. The fourth-order valence-electron chi connectivity index (χ4n) is 2.15. The molecule has 0 saturated carbocycles. The highest BCUT2D eigenvalue weighted by Gasteiger charge is 2.20. The number of hydrogen-bond donors (Lipinski definition) is 1. The Morgan fingerprint density at radius 3 is 3.09 bits per heavy atom.